The Morgan fingerprint density at radius 1 is 1.42 bits per heavy atom. The molecule has 3 rings (SSSR count). The number of aromatic nitrogens is 3. The van der Waals surface area contributed by atoms with Crippen LogP contribution < -0.4 is 5.32 Å². The SMILES string of the molecule is C[C@@H]1CCCC[C@@H]1NC(=O)[C@@H](C)N1CCO[C@H](c2nncn2C)C1. The summed E-state index contributed by atoms with van der Waals surface area (Å²) in [6, 6.07) is 0.169. The maximum absolute atomic E-state index is 12.7. The van der Waals surface area contributed by atoms with Crippen LogP contribution in [0.5, 0.6) is 0 Å². The van der Waals surface area contributed by atoms with Gasteiger partial charge < -0.3 is 14.6 Å². The molecule has 1 aliphatic heterocycles. The standard InChI is InChI=1S/C17H29N5O2/c1-12-6-4-5-7-14(12)19-17(23)13(2)22-8-9-24-15(10-22)16-20-18-11-21(16)3/h11-15H,4-10H2,1-3H3,(H,19,23)/t12-,13-,14+,15+/m1/s1. The van der Waals surface area contributed by atoms with Crippen LogP contribution in [0.2, 0.25) is 0 Å². The van der Waals surface area contributed by atoms with Crippen LogP contribution in [0.1, 0.15) is 51.5 Å². The molecule has 0 bridgehead atoms. The lowest BCUT2D eigenvalue weighted by Crippen LogP contribution is -2.53. The predicted octanol–water partition coefficient (Wildman–Crippen LogP) is 1.27. The highest BCUT2D eigenvalue weighted by Gasteiger charge is 2.32. The van der Waals surface area contributed by atoms with E-state index < -0.39 is 0 Å². The van der Waals surface area contributed by atoms with Crippen molar-refractivity contribution in [1.29, 1.82) is 0 Å². The number of rotatable bonds is 4. The van der Waals surface area contributed by atoms with Crippen LogP contribution in [0.4, 0.5) is 0 Å². The van der Waals surface area contributed by atoms with E-state index in [2.05, 4.69) is 27.3 Å². The van der Waals surface area contributed by atoms with Crippen LogP contribution in [-0.4, -0.2) is 57.4 Å². The molecule has 1 aliphatic carbocycles. The van der Waals surface area contributed by atoms with Gasteiger partial charge in [-0.1, -0.05) is 19.8 Å². The largest absolute Gasteiger partial charge is 0.368 e. The lowest BCUT2D eigenvalue weighted by Gasteiger charge is -2.37. The van der Waals surface area contributed by atoms with E-state index in [1.165, 1.54) is 19.3 Å². The summed E-state index contributed by atoms with van der Waals surface area (Å²) in [5.41, 5.74) is 0. The molecule has 134 valence electrons. The van der Waals surface area contributed by atoms with E-state index in [1.54, 1.807) is 6.33 Å². The van der Waals surface area contributed by atoms with Crippen molar-refractivity contribution < 1.29 is 9.53 Å². The van der Waals surface area contributed by atoms with Crippen molar-refractivity contribution >= 4 is 5.91 Å². The Bertz CT molecular complexity index is 561. The zero-order valence-electron chi connectivity index (χ0n) is 14.9. The van der Waals surface area contributed by atoms with Gasteiger partial charge in [-0.05, 0) is 25.7 Å². The van der Waals surface area contributed by atoms with Crippen molar-refractivity contribution in [1.82, 2.24) is 25.0 Å². The van der Waals surface area contributed by atoms with Gasteiger partial charge in [0.1, 0.15) is 12.4 Å². The molecule has 1 aromatic heterocycles. The van der Waals surface area contributed by atoms with E-state index >= 15 is 0 Å². The van der Waals surface area contributed by atoms with E-state index in [0.29, 0.717) is 25.1 Å². The van der Waals surface area contributed by atoms with Crippen molar-refractivity contribution in [2.75, 3.05) is 19.7 Å². The summed E-state index contributed by atoms with van der Waals surface area (Å²) < 4.78 is 7.71. The fourth-order valence-corrected chi connectivity index (χ4v) is 3.76. The first-order valence-electron chi connectivity index (χ1n) is 9.06. The van der Waals surface area contributed by atoms with Crippen molar-refractivity contribution in [2.45, 2.75) is 57.7 Å². The molecule has 0 aromatic carbocycles. The molecule has 24 heavy (non-hydrogen) atoms. The molecular weight excluding hydrogens is 306 g/mol. The minimum absolute atomic E-state index is 0.130. The molecule has 4 atom stereocenters. The van der Waals surface area contributed by atoms with Gasteiger partial charge in [-0.15, -0.1) is 10.2 Å². The Morgan fingerprint density at radius 2 is 2.21 bits per heavy atom. The molecule has 1 saturated carbocycles. The van der Waals surface area contributed by atoms with Crippen molar-refractivity contribution in [3.05, 3.63) is 12.2 Å². The molecule has 2 fully saturated rings. The number of nitrogens with zero attached hydrogens (tertiary/aromatic N) is 4. The summed E-state index contributed by atoms with van der Waals surface area (Å²) >= 11 is 0. The molecule has 7 nitrogen and oxygen atoms in total. The number of carbonyl (C=O) groups is 1. The summed E-state index contributed by atoms with van der Waals surface area (Å²) in [4.78, 5) is 14.9. The first-order valence-corrected chi connectivity index (χ1v) is 9.06. The van der Waals surface area contributed by atoms with Crippen LogP contribution in [-0.2, 0) is 16.6 Å². The monoisotopic (exact) mass is 335 g/mol. The second-order valence-electron chi connectivity index (χ2n) is 7.21. The maximum atomic E-state index is 12.7. The minimum atomic E-state index is -0.154. The topological polar surface area (TPSA) is 72.3 Å². The van der Waals surface area contributed by atoms with Gasteiger partial charge in [0.25, 0.3) is 0 Å². The normalized spacial score (nSPS) is 30.0. The highest BCUT2D eigenvalue weighted by molar-refractivity contribution is 5.81. The molecule has 1 amide bonds. The van der Waals surface area contributed by atoms with Crippen LogP contribution in [0.15, 0.2) is 6.33 Å². The summed E-state index contributed by atoms with van der Waals surface area (Å²) in [6.45, 7) is 6.27. The van der Waals surface area contributed by atoms with Crippen LogP contribution >= 0.6 is 0 Å². The Kier molecular flexibility index (Phi) is 5.50. The van der Waals surface area contributed by atoms with Gasteiger partial charge in [0, 0.05) is 26.2 Å². The van der Waals surface area contributed by atoms with Gasteiger partial charge in [0.05, 0.1) is 12.6 Å². The molecule has 7 heteroatoms. The molecule has 0 radical (unpaired) electrons. The smallest absolute Gasteiger partial charge is 0.237 e. The fourth-order valence-electron chi connectivity index (χ4n) is 3.76. The Labute approximate surface area is 143 Å². The third kappa shape index (κ3) is 3.78. The number of hydrogen-bond acceptors (Lipinski definition) is 5. The van der Waals surface area contributed by atoms with Crippen molar-refractivity contribution in [2.24, 2.45) is 13.0 Å². The molecule has 0 spiro atoms. The number of nitrogens with one attached hydrogen (secondary N) is 1. The van der Waals surface area contributed by atoms with Crippen LogP contribution in [0.3, 0.4) is 0 Å². The Balaban J connectivity index is 1.58. The van der Waals surface area contributed by atoms with Gasteiger partial charge in [-0.3, -0.25) is 9.69 Å². The number of hydrogen-bond donors (Lipinski definition) is 1. The Morgan fingerprint density at radius 3 is 2.92 bits per heavy atom. The number of amides is 1. The molecular formula is C17H29N5O2. The average molecular weight is 335 g/mol. The van der Waals surface area contributed by atoms with E-state index in [4.69, 9.17) is 4.74 Å². The third-order valence-electron chi connectivity index (χ3n) is 5.50. The molecule has 2 heterocycles. The van der Waals surface area contributed by atoms with Crippen LogP contribution in [0.25, 0.3) is 0 Å². The summed E-state index contributed by atoms with van der Waals surface area (Å²) in [7, 11) is 1.91. The maximum Gasteiger partial charge on any atom is 0.237 e. The highest BCUT2D eigenvalue weighted by Crippen LogP contribution is 2.25. The zero-order valence-corrected chi connectivity index (χ0v) is 14.9. The van der Waals surface area contributed by atoms with E-state index in [9.17, 15) is 4.79 Å². The Hall–Kier alpha value is -1.47. The average Bonchev–Trinajstić information content (AvgIpc) is 3.02. The van der Waals surface area contributed by atoms with Gasteiger partial charge in [-0.25, -0.2) is 0 Å². The minimum Gasteiger partial charge on any atom is -0.368 e. The summed E-state index contributed by atoms with van der Waals surface area (Å²) in [5.74, 6) is 1.52. The molecule has 0 unspecified atom stereocenters. The molecule has 1 saturated heterocycles. The van der Waals surface area contributed by atoms with E-state index in [1.807, 2.05) is 18.5 Å². The molecule has 2 aliphatic rings. The lowest BCUT2D eigenvalue weighted by atomic mass is 9.86. The second kappa shape index (κ2) is 7.61. The van der Waals surface area contributed by atoms with Gasteiger partial charge in [0.15, 0.2) is 5.82 Å². The van der Waals surface area contributed by atoms with Gasteiger partial charge in [0.2, 0.25) is 5.91 Å². The lowest BCUT2D eigenvalue weighted by molar-refractivity contribution is -0.130. The fraction of sp³-hybridized carbons (Fsp3) is 0.824. The number of ether oxygens (including phenoxy) is 1. The van der Waals surface area contributed by atoms with E-state index in [-0.39, 0.29) is 18.1 Å². The molecule has 1 aromatic rings. The van der Waals surface area contributed by atoms with Crippen LogP contribution in [0, 0.1) is 5.92 Å². The van der Waals surface area contributed by atoms with Crippen molar-refractivity contribution in [3.8, 4) is 0 Å². The van der Waals surface area contributed by atoms with Gasteiger partial charge in [-0.2, -0.15) is 0 Å². The number of carbonyl (C=O) groups excluding carboxylic acids is 1. The zero-order chi connectivity index (χ0) is 17.1. The second-order valence-corrected chi connectivity index (χ2v) is 7.21. The first kappa shape index (κ1) is 17.4. The quantitative estimate of drug-likeness (QED) is 0.897. The predicted molar refractivity (Wildman–Crippen MR) is 90.3 cm³/mol. The first-order chi connectivity index (χ1) is 11.6. The van der Waals surface area contributed by atoms with Gasteiger partial charge >= 0.3 is 0 Å². The highest BCUT2D eigenvalue weighted by atomic mass is 16.5. The van der Waals surface area contributed by atoms with Crippen molar-refractivity contribution in [3.63, 3.8) is 0 Å². The summed E-state index contributed by atoms with van der Waals surface area (Å²) in [5, 5.41) is 11.3. The number of aryl methyl sites for hydroxylation is 1. The number of morpholine rings is 1. The molecule has 1 N–H and O–H groups in total. The third-order valence-corrected chi connectivity index (χ3v) is 5.50. The van der Waals surface area contributed by atoms with E-state index in [0.717, 1.165) is 18.8 Å². The summed E-state index contributed by atoms with van der Waals surface area (Å²) in [6.07, 6.45) is 6.37.